The highest BCUT2D eigenvalue weighted by Crippen LogP contribution is 2.65. The van der Waals surface area contributed by atoms with Crippen LogP contribution in [0.25, 0.3) is 44.5 Å². The van der Waals surface area contributed by atoms with Crippen molar-refractivity contribution in [3.8, 4) is 61.8 Å². The monoisotopic (exact) mass is 751 g/mol. The maximum Gasteiger partial charge on any atom is 0.573 e. The van der Waals surface area contributed by atoms with Gasteiger partial charge in [0.05, 0.1) is 16.8 Å². The van der Waals surface area contributed by atoms with E-state index in [2.05, 4.69) is 64.2 Å². The molecule has 0 bridgehead atoms. The van der Waals surface area contributed by atoms with Crippen molar-refractivity contribution >= 4 is 17.1 Å². The molecule has 1 atom stereocenters. The Labute approximate surface area is 325 Å². The molecule has 0 N–H and O–H groups in total. The van der Waals surface area contributed by atoms with Gasteiger partial charge in [-0.3, -0.25) is 0 Å². The first kappa shape index (κ1) is 33.2. The van der Waals surface area contributed by atoms with Gasteiger partial charge in [0, 0.05) is 5.69 Å². The van der Waals surface area contributed by atoms with Crippen molar-refractivity contribution in [1.82, 2.24) is 0 Å². The molecule has 57 heavy (non-hydrogen) atoms. The summed E-state index contributed by atoms with van der Waals surface area (Å²) in [5, 5.41) is 0. The lowest BCUT2D eigenvalue weighted by atomic mass is 9.70. The number of ether oxygens (including phenoxy) is 2. The van der Waals surface area contributed by atoms with Gasteiger partial charge in [0.25, 0.3) is 0 Å². The summed E-state index contributed by atoms with van der Waals surface area (Å²) in [6.07, 6.45) is -4.91. The van der Waals surface area contributed by atoms with Crippen LogP contribution in [0.4, 0.5) is 34.6 Å². The number of nitrogens with zero attached hydrogens (tertiary/aromatic N) is 1. The second kappa shape index (κ2) is 12.2. The molecular weight excluding hydrogens is 723 g/mol. The van der Waals surface area contributed by atoms with E-state index in [1.807, 2.05) is 84.9 Å². The third-order valence-corrected chi connectivity index (χ3v) is 11.4. The van der Waals surface area contributed by atoms with E-state index in [0.717, 1.165) is 67.1 Å². The first-order valence-corrected chi connectivity index (χ1v) is 18.6. The molecule has 0 amide bonds. The van der Waals surface area contributed by atoms with Crippen molar-refractivity contribution in [3.63, 3.8) is 0 Å². The van der Waals surface area contributed by atoms with Gasteiger partial charge < -0.3 is 14.4 Å². The van der Waals surface area contributed by atoms with Gasteiger partial charge in [-0.05, 0) is 133 Å². The van der Waals surface area contributed by atoms with Gasteiger partial charge in [0.15, 0.2) is 11.5 Å². The molecule has 274 valence electrons. The molecular formula is C50H29F4NO2. The van der Waals surface area contributed by atoms with E-state index in [1.165, 1.54) is 24.3 Å². The first-order chi connectivity index (χ1) is 27.8. The molecule has 3 aliphatic rings. The largest absolute Gasteiger partial charge is 0.573 e. The van der Waals surface area contributed by atoms with Gasteiger partial charge in [0.1, 0.15) is 11.6 Å². The Morgan fingerprint density at radius 3 is 1.84 bits per heavy atom. The minimum atomic E-state index is -4.91. The number of para-hydroxylation sites is 4. The molecule has 2 aliphatic carbocycles. The summed E-state index contributed by atoms with van der Waals surface area (Å²) >= 11 is 0. The molecule has 8 aromatic carbocycles. The van der Waals surface area contributed by atoms with Crippen LogP contribution in [-0.2, 0) is 5.41 Å². The van der Waals surface area contributed by atoms with Crippen LogP contribution in [0, 0.1) is 5.82 Å². The van der Waals surface area contributed by atoms with E-state index in [4.69, 9.17) is 4.74 Å². The predicted octanol–water partition coefficient (Wildman–Crippen LogP) is 14.0. The average molecular weight is 752 g/mol. The SMILES string of the molecule is Fc1ccc2c(c1)C1(c3cc(OC(F)(F)F)ccc3-2)c2cc(N3c4ccccc4Oc4ccccc43)ccc2-c2c(-c3cccc(-c4ccccc4)c3)cccc21. The Bertz CT molecular complexity index is 2890. The summed E-state index contributed by atoms with van der Waals surface area (Å²) in [6, 6.07) is 55.6. The van der Waals surface area contributed by atoms with Gasteiger partial charge in [-0.15, -0.1) is 13.2 Å². The molecule has 0 fully saturated rings. The molecule has 1 heterocycles. The van der Waals surface area contributed by atoms with Crippen molar-refractivity contribution in [1.29, 1.82) is 0 Å². The number of fused-ring (bicyclic) bond motifs is 12. The Morgan fingerprint density at radius 2 is 1.09 bits per heavy atom. The number of hydrogen-bond donors (Lipinski definition) is 0. The van der Waals surface area contributed by atoms with Crippen molar-refractivity contribution in [2.45, 2.75) is 11.8 Å². The lowest BCUT2D eigenvalue weighted by molar-refractivity contribution is -0.274. The number of alkyl halides is 3. The summed E-state index contributed by atoms with van der Waals surface area (Å²) in [4.78, 5) is 2.14. The zero-order valence-electron chi connectivity index (χ0n) is 30.0. The lowest BCUT2D eigenvalue weighted by Crippen LogP contribution is -2.27. The second-order valence-electron chi connectivity index (χ2n) is 14.5. The molecule has 8 aromatic rings. The molecule has 7 heteroatoms. The standard InChI is InChI=1S/C50H29F4NO2/c51-33-20-23-37-38-25-22-35(57-50(52,53)54)29-43(38)49(41(37)27-33)40-15-9-14-36(32-13-8-12-31(26-32)30-10-2-1-3-11-30)48(40)39-24-21-34(28-42(39)49)55-44-16-4-6-18-46(44)56-47-19-7-5-17-45(47)55/h1-29H. The van der Waals surface area contributed by atoms with Crippen LogP contribution >= 0.6 is 0 Å². The first-order valence-electron chi connectivity index (χ1n) is 18.6. The zero-order valence-corrected chi connectivity index (χ0v) is 30.0. The molecule has 0 aromatic heterocycles. The Balaban J connectivity index is 1.23. The highest BCUT2D eigenvalue weighted by atomic mass is 19.4. The Morgan fingerprint density at radius 1 is 0.474 bits per heavy atom. The highest BCUT2D eigenvalue weighted by Gasteiger charge is 2.53. The predicted molar refractivity (Wildman–Crippen MR) is 215 cm³/mol. The van der Waals surface area contributed by atoms with E-state index < -0.39 is 17.6 Å². The van der Waals surface area contributed by atoms with Gasteiger partial charge in [-0.25, -0.2) is 4.39 Å². The van der Waals surface area contributed by atoms with Crippen molar-refractivity contribution in [3.05, 3.63) is 204 Å². The fourth-order valence-electron chi connectivity index (χ4n) is 9.27. The van der Waals surface area contributed by atoms with E-state index in [-0.39, 0.29) is 5.75 Å². The molecule has 0 saturated carbocycles. The topological polar surface area (TPSA) is 21.7 Å². The van der Waals surface area contributed by atoms with Crippen molar-refractivity contribution < 1.29 is 27.0 Å². The van der Waals surface area contributed by atoms with Crippen LogP contribution in [0.1, 0.15) is 22.3 Å². The van der Waals surface area contributed by atoms with Gasteiger partial charge in [0.2, 0.25) is 0 Å². The quantitative estimate of drug-likeness (QED) is 0.167. The maximum atomic E-state index is 15.7. The van der Waals surface area contributed by atoms with Gasteiger partial charge >= 0.3 is 6.36 Å². The van der Waals surface area contributed by atoms with Crippen molar-refractivity contribution in [2.75, 3.05) is 4.90 Å². The van der Waals surface area contributed by atoms with Crippen LogP contribution in [0.5, 0.6) is 17.2 Å². The van der Waals surface area contributed by atoms with Crippen molar-refractivity contribution in [2.24, 2.45) is 0 Å². The van der Waals surface area contributed by atoms with Crippen LogP contribution in [-0.4, -0.2) is 6.36 Å². The van der Waals surface area contributed by atoms with E-state index >= 15 is 4.39 Å². The minimum Gasteiger partial charge on any atom is -0.453 e. The molecule has 0 saturated heterocycles. The van der Waals surface area contributed by atoms with Gasteiger partial charge in [-0.1, -0.05) is 109 Å². The maximum absolute atomic E-state index is 15.7. The summed E-state index contributed by atoms with van der Waals surface area (Å²) in [5.41, 5.74) is 11.5. The second-order valence-corrected chi connectivity index (χ2v) is 14.5. The van der Waals surface area contributed by atoms with Crippen LogP contribution < -0.4 is 14.4 Å². The van der Waals surface area contributed by atoms with Crippen LogP contribution in [0.3, 0.4) is 0 Å². The molecule has 1 spiro atoms. The summed E-state index contributed by atoms with van der Waals surface area (Å²) in [7, 11) is 0. The van der Waals surface area contributed by atoms with E-state index in [1.54, 1.807) is 12.1 Å². The number of benzene rings is 8. The van der Waals surface area contributed by atoms with E-state index in [0.29, 0.717) is 28.2 Å². The highest BCUT2D eigenvalue weighted by molar-refractivity contribution is 6.01. The smallest absolute Gasteiger partial charge is 0.453 e. The van der Waals surface area contributed by atoms with Crippen LogP contribution in [0.2, 0.25) is 0 Å². The normalized spacial score (nSPS) is 15.5. The summed E-state index contributed by atoms with van der Waals surface area (Å²) in [5.74, 6) is 0.579. The molecule has 0 radical (unpaired) electrons. The average Bonchev–Trinajstić information content (AvgIpc) is 3.68. The van der Waals surface area contributed by atoms with Crippen LogP contribution in [0.15, 0.2) is 176 Å². The fraction of sp³-hybridized carbons (Fsp3) is 0.0400. The zero-order chi connectivity index (χ0) is 38.5. The lowest BCUT2D eigenvalue weighted by Gasteiger charge is -2.34. The minimum absolute atomic E-state index is 0.345. The fourth-order valence-corrected chi connectivity index (χ4v) is 9.27. The Hall–Kier alpha value is -7.12. The number of anilines is 3. The summed E-state index contributed by atoms with van der Waals surface area (Å²) in [6.45, 7) is 0. The third kappa shape index (κ3) is 4.98. The molecule has 1 aliphatic heterocycles. The number of hydrogen-bond acceptors (Lipinski definition) is 3. The third-order valence-electron chi connectivity index (χ3n) is 11.4. The van der Waals surface area contributed by atoms with Gasteiger partial charge in [-0.2, -0.15) is 0 Å². The van der Waals surface area contributed by atoms with E-state index in [9.17, 15) is 13.2 Å². The number of rotatable bonds is 4. The molecule has 1 unspecified atom stereocenters. The molecule has 3 nitrogen and oxygen atoms in total. The molecule has 11 rings (SSSR count). The number of halogens is 4. The summed E-state index contributed by atoms with van der Waals surface area (Å²) < 4.78 is 68.2. The Kier molecular flexibility index (Phi) is 7.11.